The Hall–Kier alpha value is -1.68. The van der Waals surface area contributed by atoms with Gasteiger partial charge in [-0.15, -0.1) is 0 Å². The number of H-pyrrole nitrogens is 1. The fourth-order valence-corrected chi connectivity index (χ4v) is 1.76. The number of methoxy groups -OCH3 is 1. The summed E-state index contributed by atoms with van der Waals surface area (Å²) in [5.74, 6) is 0.855. The van der Waals surface area contributed by atoms with Crippen LogP contribution in [0.4, 0.5) is 0 Å². The minimum absolute atomic E-state index is 0.587. The summed E-state index contributed by atoms with van der Waals surface area (Å²) in [5.41, 5.74) is 3.21. The second-order valence-electron chi connectivity index (χ2n) is 3.48. The van der Waals surface area contributed by atoms with Crippen molar-refractivity contribution in [3.63, 3.8) is 0 Å². The van der Waals surface area contributed by atoms with Gasteiger partial charge < -0.3 is 9.72 Å². The van der Waals surface area contributed by atoms with Gasteiger partial charge in [-0.3, -0.25) is 0 Å². The van der Waals surface area contributed by atoms with E-state index < -0.39 is 0 Å². The summed E-state index contributed by atoms with van der Waals surface area (Å²) in [6.45, 7) is 2.04. The average Bonchev–Trinajstić information content (AvgIpc) is 2.28. The van der Waals surface area contributed by atoms with Gasteiger partial charge in [0.15, 0.2) is 0 Å². The van der Waals surface area contributed by atoms with Crippen molar-refractivity contribution < 1.29 is 4.74 Å². The molecule has 1 heterocycles. The maximum absolute atomic E-state index is 5.17. The van der Waals surface area contributed by atoms with Crippen LogP contribution in [0.3, 0.4) is 0 Å². The maximum atomic E-state index is 5.17. The molecule has 4 heteroatoms. The molecule has 82 valence electrons. The summed E-state index contributed by atoms with van der Waals surface area (Å²) in [4.78, 5) is 7.05. The molecule has 0 aliphatic rings. The normalized spacial score (nSPS) is 10.1. The lowest BCUT2D eigenvalue weighted by molar-refractivity contribution is 0.414. The lowest BCUT2D eigenvalue weighted by Crippen LogP contribution is -1.90. The van der Waals surface area contributed by atoms with E-state index in [0.717, 1.165) is 22.6 Å². The van der Waals surface area contributed by atoms with Crippen molar-refractivity contribution in [2.45, 2.75) is 6.92 Å². The number of ether oxygens (including phenoxy) is 1. The van der Waals surface area contributed by atoms with Crippen molar-refractivity contribution in [3.8, 4) is 17.0 Å². The van der Waals surface area contributed by atoms with Crippen LogP contribution in [-0.2, 0) is 0 Å². The second kappa shape index (κ2) is 4.45. The van der Waals surface area contributed by atoms with Crippen LogP contribution in [0.15, 0.2) is 30.6 Å². The van der Waals surface area contributed by atoms with Gasteiger partial charge in [0, 0.05) is 11.3 Å². The van der Waals surface area contributed by atoms with Gasteiger partial charge in [-0.2, -0.15) is 0 Å². The van der Waals surface area contributed by atoms with E-state index in [1.165, 1.54) is 0 Å². The molecule has 3 nitrogen and oxygen atoms in total. The van der Waals surface area contributed by atoms with Gasteiger partial charge in [0.2, 0.25) is 0 Å². The third-order valence-electron chi connectivity index (χ3n) is 2.40. The Balaban J connectivity index is 2.52. The Morgan fingerprint density at radius 3 is 2.75 bits per heavy atom. The third kappa shape index (κ3) is 2.12. The maximum Gasteiger partial charge on any atom is 0.130 e. The molecule has 1 N–H and O–H groups in total. The van der Waals surface area contributed by atoms with Crippen LogP contribution in [-0.4, -0.2) is 17.1 Å². The number of aryl methyl sites for hydroxylation is 1. The first-order valence-corrected chi connectivity index (χ1v) is 5.31. The first kappa shape index (κ1) is 10.8. The van der Waals surface area contributed by atoms with E-state index in [9.17, 15) is 0 Å². The molecule has 0 radical (unpaired) electrons. The van der Waals surface area contributed by atoms with Crippen molar-refractivity contribution in [3.05, 3.63) is 40.8 Å². The highest BCUT2D eigenvalue weighted by Crippen LogP contribution is 2.24. The highest BCUT2D eigenvalue weighted by Gasteiger charge is 2.03. The van der Waals surface area contributed by atoms with Crippen LogP contribution in [0.1, 0.15) is 5.56 Å². The summed E-state index contributed by atoms with van der Waals surface area (Å²) in [5, 5.41) is 0. The standard InChI is InChI=1S/C12H12N2OS/c1-8-5-9(15-2)3-4-10(8)11-6-12(16)14-7-13-11/h3-7H,1-2H3,(H,13,14,16). The van der Waals surface area contributed by atoms with E-state index in [-0.39, 0.29) is 0 Å². The topological polar surface area (TPSA) is 37.9 Å². The highest BCUT2D eigenvalue weighted by atomic mass is 32.1. The number of benzene rings is 1. The molecule has 2 rings (SSSR count). The number of nitrogens with zero attached hydrogens (tertiary/aromatic N) is 1. The van der Waals surface area contributed by atoms with E-state index in [1.54, 1.807) is 13.4 Å². The number of rotatable bonds is 2. The molecule has 1 aromatic heterocycles. The molecule has 0 aliphatic heterocycles. The Labute approximate surface area is 99.1 Å². The van der Waals surface area contributed by atoms with E-state index in [4.69, 9.17) is 17.0 Å². The highest BCUT2D eigenvalue weighted by molar-refractivity contribution is 7.71. The van der Waals surface area contributed by atoms with Crippen LogP contribution >= 0.6 is 12.2 Å². The molecule has 0 saturated heterocycles. The summed E-state index contributed by atoms with van der Waals surface area (Å²) in [7, 11) is 1.66. The van der Waals surface area contributed by atoms with Gasteiger partial charge in [-0.1, -0.05) is 12.2 Å². The zero-order valence-corrected chi connectivity index (χ0v) is 9.97. The SMILES string of the molecule is COc1ccc(-c2cc(=S)nc[nH]2)c(C)c1. The molecular weight excluding hydrogens is 220 g/mol. The molecule has 0 aliphatic carbocycles. The molecule has 0 saturated carbocycles. The number of hydrogen-bond donors (Lipinski definition) is 1. The fraction of sp³-hybridized carbons (Fsp3) is 0.167. The summed E-state index contributed by atoms with van der Waals surface area (Å²) >= 11 is 5.04. The molecule has 0 atom stereocenters. The molecule has 0 unspecified atom stereocenters. The molecule has 0 amide bonds. The summed E-state index contributed by atoms with van der Waals surface area (Å²) < 4.78 is 5.75. The second-order valence-corrected chi connectivity index (χ2v) is 3.90. The van der Waals surface area contributed by atoms with Gasteiger partial charge in [-0.25, -0.2) is 4.98 Å². The lowest BCUT2D eigenvalue weighted by atomic mass is 10.1. The van der Waals surface area contributed by atoms with Crippen molar-refractivity contribution in [1.29, 1.82) is 0 Å². The van der Waals surface area contributed by atoms with Crippen LogP contribution in [0.25, 0.3) is 11.3 Å². The Bertz CT molecular complexity index is 563. The number of hydrogen-bond acceptors (Lipinski definition) is 3. The smallest absolute Gasteiger partial charge is 0.130 e. The first-order valence-electron chi connectivity index (χ1n) is 4.90. The quantitative estimate of drug-likeness (QED) is 0.808. The Morgan fingerprint density at radius 2 is 2.12 bits per heavy atom. The fourth-order valence-electron chi connectivity index (χ4n) is 1.59. The molecule has 0 bridgehead atoms. The zero-order valence-electron chi connectivity index (χ0n) is 9.15. The van der Waals surface area contributed by atoms with Gasteiger partial charge in [0.05, 0.1) is 13.4 Å². The molecule has 2 aromatic rings. The summed E-state index contributed by atoms with van der Waals surface area (Å²) in [6, 6.07) is 7.78. The molecule has 1 aromatic carbocycles. The molecular formula is C12H12N2OS. The van der Waals surface area contributed by atoms with Crippen molar-refractivity contribution in [1.82, 2.24) is 9.97 Å². The minimum Gasteiger partial charge on any atom is -0.497 e. The Kier molecular flexibility index (Phi) is 3.01. The Morgan fingerprint density at radius 1 is 1.31 bits per heavy atom. The van der Waals surface area contributed by atoms with Crippen molar-refractivity contribution >= 4 is 12.2 Å². The van der Waals surface area contributed by atoms with Crippen LogP contribution in [0.5, 0.6) is 5.75 Å². The first-order chi connectivity index (χ1) is 7.70. The minimum atomic E-state index is 0.587. The van der Waals surface area contributed by atoms with Crippen LogP contribution < -0.4 is 4.74 Å². The van der Waals surface area contributed by atoms with Crippen LogP contribution in [0, 0.1) is 11.6 Å². The van der Waals surface area contributed by atoms with E-state index in [2.05, 4.69) is 9.97 Å². The molecule has 16 heavy (non-hydrogen) atoms. The monoisotopic (exact) mass is 232 g/mol. The lowest BCUT2D eigenvalue weighted by Gasteiger charge is -2.07. The van der Waals surface area contributed by atoms with E-state index in [1.807, 2.05) is 31.2 Å². The van der Waals surface area contributed by atoms with Gasteiger partial charge in [0.1, 0.15) is 10.4 Å². The third-order valence-corrected chi connectivity index (χ3v) is 2.63. The van der Waals surface area contributed by atoms with Crippen molar-refractivity contribution in [2.24, 2.45) is 0 Å². The van der Waals surface area contributed by atoms with E-state index >= 15 is 0 Å². The van der Waals surface area contributed by atoms with E-state index in [0.29, 0.717) is 4.64 Å². The molecule has 0 fully saturated rings. The zero-order chi connectivity index (χ0) is 11.5. The van der Waals surface area contributed by atoms with Crippen molar-refractivity contribution in [2.75, 3.05) is 7.11 Å². The average molecular weight is 232 g/mol. The molecule has 0 spiro atoms. The number of aromatic nitrogens is 2. The number of aromatic amines is 1. The predicted octanol–water partition coefficient (Wildman–Crippen LogP) is 3.12. The largest absolute Gasteiger partial charge is 0.497 e. The van der Waals surface area contributed by atoms with Crippen LogP contribution in [0.2, 0.25) is 0 Å². The predicted molar refractivity (Wildman–Crippen MR) is 66.1 cm³/mol. The van der Waals surface area contributed by atoms with Gasteiger partial charge >= 0.3 is 0 Å². The number of nitrogens with one attached hydrogen (secondary N) is 1. The van der Waals surface area contributed by atoms with Gasteiger partial charge in [-0.05, 0) is 36.8 Å². The summed E-state index contributed by atoms with van der Waals surface area (Å²) in [6.07, 6.45) is 1.61. The van der Waals surface area contributed by atoms with Gasteiger partial charge in [0.25, 0.3) is 0 Å².